The summed E-state index contributed by atoms with van der Waals surface area (Å²) in [6.45, 7) is 0. The van der Waals surface area contributed by atoms with Crippen molar-refractivity contribution < 1.29 is 0 Å². The summed E-state index contributed by atoms with van der Waals surface area (Å²) in [4.78, 5) is 0. The Hall–Kier alpha value is -2.16. The largest absolute Gasteiger partial charge is 0.177 e. The molecule has 5 aromatic rings. The van der Waals surface area contributed by atoms with E-state index >= 15 is 0 Å². The predicted molar refractivity (Wildman–Crippen MR) is 144 cm³/mol. The average Bonchev–Trinajstić information content (AvgIpc) is 2.85. The van der Waals surface area contributed by atoms with E-state index in [1.54, 1.807) is 63.6 Å². The highest BCUT2D eigenvalue weighted by molar-refractivity contribution is 8.10. The molecule has 5 aromatic carbocycles. The first kappa shape index (κ1) is 17.3. The first-order chi connectivity index (χ1) is 15.9. The molecule has 0 aliphatic carbocycles. The van der Waals surface area contributed by atoms with Crippen LogP contribution in [0.3, 0.4) is 0 Å². The average molecular weight is 449 g/mol. The van der Waals surface area contributed by atoms with E-state index in [2.05, 4.69) is 48.5 Å². The Morgan fingerprint density at radius 1 is 0.500 bits per heavy atom. The molecule has 0 saturated carbocycles. The topological polar surface area (TPSA) is 0 Å². The van der Waals surface area contributed by atoms with Crippen molar-refractivity contribution in [1.82, 2.24) is 0 Å². The Labute approximate surface area is 192 Å². The van der Waals surface area contributed by atoms with Crippen LogP contribution in [0.25, 0.3) is 43.1 Å². The van der Waals surface area contributed by atoms with Gasteiger partial charge < -0.3 is 0 Å². The zero-order valence-electron chi connectivity index (χ0n) is 18.1. The minimum Gasteiger partial charge on any atom is -0.177 e. The molecule has 4 aliphatic rings. The van der Waals surface area contributed by atoms with E-state index in [4.69, 9.17) is 0 Å². The zero-order valence-corrected chi connectivity index (χ0v) is 19.7. The van der Waals surface area contributed by atoms with Gasteiger partial charge in [-0.3, -0.25) is 0 Å². The van der Waals surface area contributed by atoms with Crippen LogP contribution < -0.4 is 0 Å². The fourth-order valence-corrected chi connectivity index (χ4v) is 12.5. The Morgan fingerprint density at radius 2 is 0.969 bits per heavy atom. The van der Waals surface area contributed by atoms with Crippen molar-refractivity contribution in [3.8, 4) is 0 Å². The number of benzene rings is 5. The summed E-state index contributed by atoms with van der Waals surface area (Å²) >= 11 is 0. The lowest BCUT2D eigenvalue weighted by Gasteiger charge is -2.31. The van der Waals surface area contributed by atoms with Crippen molar-refractivity contribution in [2.24, 2.45) is 0 Å². The lowest BCUT2D eigenvalue weighted by Crippen LogP contribution is -2.13. The third kappa shape index (κ3) is 1.93. The van der Waals surface area contributed by atoms with Crippen molar-refractivity contribution in [2.45, 2.75) is 25.7 Å². The Morgan fingerprint density at radius 3 is 1.47 bits per heavy atom. The highest BCUT2D eigenvalue weighted by Crippen LogP contribution is 2.50. The molecule has 0 N–H and O–H groups in total. The molecule has 0 saturated heterocycles. The van der Waals surface area contributed by atoms with E-state index in [9.17, 15) is 0 Å². The Kier molecular flexibility index (Phi) is 3.17. The summed E-state index contributed by atoms with van der Waals surface area (Å²) in [6, 6.07) is 19.4. The first-order valence-electron chi connectivity index (χ1n) is 12.1. The zero-order chi connectivity index (χ0) is 20.6. The minimum atomic E-state index is 0.436. The molecule has 0 aromatic heterocycles. The van der Waals surface area contributed by atoms with Crippen LogP contribution in [0.15, 0.2) is 48.5 Å². The van der Waals surface area contributed by atoms with Crippen molar-refractivity contribution >= 4 is 64.1 Å². The quantitative estimate of drug-likeness (QED) is 0.169. The highest BCUT2D eigenvalue weighted by Gasteiger charge is 2.28. The van der Waals surface area contributed by atoms with E-state index < -0.39 is 0 Å². The van der Waals surface area contributed by atoms with Gasteiger partial charge in [0.1, 0.15) is 0 Å². The third-order valence-corrected chi connectivity index (χ3v) is 13.4. The summed E-state index contributed by atoms with van der Waals surface area (Å²) in [7, 11) is 0.873. The third-order valence-electron chi connectivity index (χ3n) is 8.68. The van der Waals surface area contributed by atoms with E-state index in [-0.39, 0.29) is 0 Å². The van der Waals surface area contributed by atoms with Gasteiger partial charge >= 0.3 is 0 Å². The molecule has 2 atom stereocenters. The molecule has 4 heterocycles. The SMILES string of the molecule is c1cc2c3c4c5c(c6cc7cccc8c7c7c6c(c5cc3c1)CCS=7CC8)CCS=4CC2. The smallest absolute Gasteiger partial charge is 0.0142 e. The van der Waals surface area contributed by atoms with E-state index in [0.717, 1.165) is 0 Å². The van der Waals surface area contributed by atoms with Gasteiger partial charge in [0.05, 0.1) is 0 Å². The lowest BCUT2D eigenvalue weighted by atomic mass is 9.85. The second kappa shape index (κ2) is 5.85. The van der Waals surface area contributed by atoms with E-state index in [1.807, 2.05) is 0 Å². The molecule has 156 valence electrons. The van der Waals surface area contributed by atoms with Crippen LogP contribution >= 0.6 is 21.0 Å². The number of hydrogen-bond acceptors (Lipinski definition) is 0. The molecule has 0 spiro atoms. The van der Waals surface area contributed by atoms with Gasteiger partial charge in [-0.15, -0.1) is 0 Å². The minimum absolute atomic E-state index is 0.436. The molecule has 2 heteroatoms. The fourth-order valence-electron chi connectivity index (χ4n) is 7.37. The van der Waals surface area contributed by atoms with Crippen LogP contribution in [0.1, 0.15) is 22.3 Å². The molecule has 0 bridgehead atoms. The standard InChI is InChI=1S/C30H24S2/c1-3-17-7-11-31-13-10-22-24-16-20-6-2-4-18-8-12-32-14-9-21(28(24)30(32)26(18)20)23-15-19(5-1)25(17)29(31)27(22)23/h1-6,15-16H,7-14H2. The Bertz CT molecular complexity index is 1730. The molecule has 32 heavy (non-hydrogen) atoms. The lowest BCUT2D eigenvalue weighted by molar-refractivity contribution is 1.11. The van der Waals surface area contributed by atoms with Gasteiger partial charge in [0.15, 0.2) is 0 Å². The molecule has 0 nitrogen and oxygen atoms in total. The maximum atomic E-state index is 2.60. The molecule has 0 radical (unpaired) electrons. The molecule has 0 fully saturated rings. The van der Waals surface area contributed by atoms with Gasteiger partial charge in [0.25, 0.3) is 0 Å². The normalized spacial score (nSPS) is 22.6. The first-order valence-corrected chi connectivity index (χ1v) is 15.2. The van der Waals surface area contributed by atoms with Crippen LogP contribution in [-0.4, -0.2) is 23.0 Å². The van der Waals surface area contributed by atoms with Gasteiger partial charge in [-0.1, -0.05) is 36.4 Å². The fraction of sp³-hybridized carbons (Fsp3) is 0.267. The van der Waals surface area contributed by atoms with Crippen LogP contribution in [-0.2, 0) is 25.7 Å². The summed E-state index contributed by atoms with van der Waals surface area (Å²) in [5, 5.41) is 12.9. The number of rotatable bonds is 0. The van der Waals surface area contributed by atoms with E-state index in [0.29, 0.717) is 21.0 Å². The Balaban J connectivity index is 1.66. The van der Waals surface area contributed by atoms with Crippen LogP contribution in [0.2, 0.25) is 0 Å². The molecular formula is C30H24S2. The number of hydrogen-bond donors (Lipinski definition) is 0. The van der Waals surface area contributed by atoms with Crippen LogP contribution in [0, 0.1) is 9.02 Å². The van der Waals surface area contributed by atoms with Crippen LogP contribution in [0.4, 0.5) is 0 Å². The summed E-state index contributed by atoms with van der Waals surface area (Å²) < 4.78 is 3.51. The molecule has 2 unspecified atom stereocenters. The summed E-state index contributed by atoms with van der Waals surface area (Å²) in [5.74, 6) is 5.47. The van der Waals surface area contributed by atoms with Crippen molar-refractivity contribution in [3.63, 3.8) is 0 Å². The van der Waals surface area contributed by atoms with Crippen molar-refractivity contribution in [3.05, 3.63) is 79.8 Å². The van der Waals surface area contributed by atoms with Crippen molar-refractivity contribution in [2.75, 3.05) is 23.0 Å². The highest BCUT2D eigenvalue weighted by atomic mass is 32.2. The molecule has 4 aliphatic heterocycles. The van der Waals surface area contributed by atoms with E-state index in [1.165, 1.54) is 59.5 Å². The predicted octanol–water partition coefficient (Wildman–Crippen LogP) is 7.56. The second-order valence-corrected chi connectivity index (χ2v) is 14.5. The maximum absolute atomic E-state index is 2.60. The van der Waals surface area contributed by atoms with Crippen LogP contribution in [0.5, 0.6) is 0 Å². The second-order valence-electron chi connectivity index (χ2n) is 10.0. The molecular weight excluding hydrogens is 424 g/mol. The summed E-state index contributed by atoms with van der Waals surface area (Å²) in [6.07, 6.45) is 5.09. The maximum Gasteiger partial charge on any atom is 0.0142 e. The van der Waals surface area contributed by atoms with Gasteiger partial charge in [-0.2, -0.15) is 21.0 Å². The van der Waals surface area contributed by atoms with Gasteiger partial charge in [-0.05, 0) is 126 Å². The van der Waals surface area contributed by atoms with Crippen molar-refractivity contribution in [1.29, 1.82) is 0 Å². The van der Waals surface area contributed by atoms with Gasteiger partial charge in [0.2, 0.25) is 0 Å². The molecule has 0 amide bonds. The molecule has 9 rings (SSSR count). The monoisotopic (exact) mass is 448 g/mol. The van der Waals surface area contributed by atoms with Gasteiger partial charge in [0, 0.05) is 9.02 Å². The number of fused-ring (bicyclic) bond motifs is 2. The number of aryl methyl sites for hydroxylation is 4. The summed E-state index contributed by atoms with van der Waals surface area (Å²) in [5.41, 5.74) is 6.58. The van der Waals surface area contributed by atoms with Gasteiger partial charge in [-0.25, -0.2) is 0 Å².